The first kappa shape index (κ1) is 35.7. The van der Waals surface area contributed by atoms with Crippen LogP contribution in [-0.2, 0) is 12.4 Å². The van der Waals surface area contributed by atoms with Gasteiger partial charge in [0.1, 0.15) is 33.8 Å². The highest BCUT2D eigenvalue weighted by Gasteiger charge is 2.43. The maximum Gasteiger partial charge on any atom is 0.420 e. The van der Waals surface area contributed by atoms with Gasteiger partial charge >= 0.3 is 12.4 Å². The highest BCUT2D eigenvalue weighted by Crippen LogP contribution is 2.53. The van der Waals surface area contributed by atoms with E-state index in [1.165, 1.54) is 0 Å². The first-order valence-corrected chi connectivity index (χ1v) is 18.4. The molecule has 0 spiro atoms. The second-order valence-electron chi connectivity index (χ2n) is 15.0. The predicted molar refractivity (Wildman–Crippen MR) is 213 cm³/mol. The fraction of sp³-hybridized carbons (Fsp3) is 0.167. The number of rotatable bonds is 5. The number of halogens is 6. The van der Waals surface area contributed by atoms with Gasteiger partial charge in [0, 0.05) is 33.7 Å². The van der Waals surface area contributed by atoms with Gasteiger partial charge in [0.25, 0.3) is 0 Å². The number of hydrogen-bond acceptors (Lipinski definition) is 2. The van der Waals surface area contributed by atoms with Crippen LogP contribution in [0.5, 0.6) is 0 Å². The second kappa shape index (κ2) is 12.8. The van der Waals surface area contributed by atoms with E-state index in [0.29, 0.717) is 11.1 Å². The number of hydrogen-bond donors (Lipinski definition) is 0. The Hall–Kier alpha value is -6.02. The Kier molecular flexibility index (Phi) is 8.13. The molecule has 2 heterocycles. The summed E-state index contributed by atoms with van der Waals surface area (Å²) in [5, 5.41) is 3.23. The van der Waals surface area contributed by atoms with Crippen molar-refractivity contribution in [2.75, 3.05) is 0 Å². The molecular formula is C48H34F6O2. The summed E-state index contributed by atoms with van der Waals surface area (Å²) < 4.78 is 105. The molecule has 8 heteroatoms. The van der Waals surface area contributed by atoms with E-state index in [9.17, 15) is 0 Å². The van der Waals surface area contributed by atoms with E-state index in [0.717, 1.165) is 32.7 Å². The molecule has 0 amide bonds. The summed E-state index contributed by atoms with van der Waals surface area (Å²) >= 11 is 0. The normalized spacial score (nSPS) is 12.8. The molecule has 0 atom stereocenters. The Balaban J connectivity index is 1.43. The largest absolute Gasteiger partial charge is 0.459 e. The first-order chi connectivity index (χ1) is 26.7. The van der Waals surface area contributed by atoms with Gasteiger partial charge in [0.2, 0.25) is 0 Å². The summed E-state index contributed by atoms with van der Waals surface area (Å²) in [6.07, 6.45) is -9.78. The molecular weight excluding hydrogens is 723 g/mol. The summed E-state index contributed by atoms with van der Waals surface area (Å²) in [7, 11) is 0. The second-order valence-corrected chi connectivity index (χ2v) is 15.0. The van der Waals surface area contributed by atoms with Crippen molar-refractivity contribution in [2.24, 2.45) is 0 Å². The average Bonchev–Trinajstić information content (AvgIpc) is 3.79. The zero-order valence-corrected chi connectivity index (χ0v) is 30.8. The van der Waals surface area contributed by atoms with E-state index in [2.05, 4.69) is 0 Å². The lowest BCUT2D eigenvalue weighted by atomic mass is 9.88. The number of alkyl halides is 6. The molecule has 2 aromatic heterocycles. The Morgan fingerprint density at radius 3 is 1.39 bits per heavy atom. The maximum absolute atomic E-state index is 15.4. The molecule has 0 aliphatic heterocycles. The first-order valence-electron chi connectivity index (χ1n) is 18.4. The minimum absolute atomic E-state index is 0.00337. The van der Waals surface area contributed by atoms with E-state index in [1.807, 2.05) is 91.0 Å². The van der Waals surface area contributed by atoms with Gasteiger partial charge in [-0.05, 0) is 72.8 Å². The molecule has 0 saturated carbocycles. The average molecular weight is 757 g/mol. The van der Waals surface area contributed by atoms with Crippen molar-refractivity contribution in [1.82, 2.24) is 0 Å². The van der Waals surface area contributed by atoms with Crippen molar-refractivity contribution in [3.05, 3.63) is 144 Å². The molecule has 56 heavy (non-hydrogen) atoms. The lowest BCUT2D eigenvalue weighted by Crippen LogP contribution is -2.09. The minimum Gasteiger partial charge on any atom is -0.459 e. The van der Waals surface area contributed by atoms with Gasteiger partial charge in [-0.2, -0.15) is 26.3 Å². The van der Waals surface area contributed by atoms with Crippen LogP contribution in [0.25, 0.3) is 87.6 Å². The van der Waals surface area contributed by atoms with Crippen molar-refractivity contribution in [1.29, 1.82) is 0 Å². The number of benzene rings is 7. The molecule has 0 saturated heterocycles. The van der Waals surface area contributed by atoms with Crippen LogP contribution in [0, 0.1) is 0 Å². The van der Waals surface area contributed by atoms with Crippen molar-refractivity contribution in [2.45, 2.75) is 51.9 Å². The smallest absolute Gasteiger partial charge is 0.420 e. The van der Waals surface area contributed by atoms with Gasteiger partial charge in [0.15, 0.2) is 0 Å². The molecule has 0 N–H and O–H groups in total. The van der Waals surface area contributed by atoms with Crippen LogP contribution >= 0.6 is 0 Å². The fourth-order valence-electron chi connectivity index (χ4n) is 8.25. The minimum atomic E-state index is -4.89. The van der Waals surface area contributed by atoms with Crippen molar-refractivity contribution >= 4 is 54.3 Å². The van der Waals surface area contributed by atoms with Crippen LogP contribution in [0.2, 0.25) is 0 Å². The molecule has 7 aromatic carbocycles. The summed E-state index contributed by atoms with van der Waals surface area (Å²) in [5.41, 5.74) is 1.27. The van der Waals surface area contributed by atoms with Crippen LogP contribution < -0.4 is 0 Å². The van der Waals surface area contributed by atoms with Crippen molar-refractivity contribution in [3.8, 4) is 33.4 Å². The highest BCUT2D eigenvalue weighted by atomic mass is 19.4. The van der Waals surface area contributed by atoms with Gasteiger partial charge in [-0.25, -0.2) is 0 Å². The predicted octanol–water partition coefficient (Wildman–Crippen LogP) is 15.9. The van der Waals surface area contributed by atoms with Crippen LogP contribution in [0.3, 0.4) is 0 Å². The fourth-order valence-corrected chi connectivity index (χ4v) is 8.25. The molecule has 0 aliphatic carbocycles. The third-order valence-electron chi connectivity index (χ3n) is 10.7. The monoisotopic (exact) mass is 756 g/mol. The molecule has 2 nitrogen and oxygen atoms in total. The third kappa shape index (κ3) is 5.64. The molecule has 0 bridgehead atoms. The number of fused-ring (bicyclic) bond motifs is 7. The standard InChI is InChI=1S/C48H34F6O2/c1-25(2)43-41(47(49,50)51)39-38-24-36(32-21-16-27-10-5-6-12-31(27)22-32)46-40(42(48(52,53)54)44(56-46)26(3)4)37(38)23-35(45(39)55-43)30-19-17-29(18-20-30)34-15-9-13-28-11-7-8-14-33(28)34/h5-26H,1-4H3. The molecule has 0 radical (unpaired) electrons. The van der Waals surface area contributed by atoms with Gasteiger partial charge < -0.3 is 8.83 Å². The summed E-state index contributed by atoms with van der Waals surface area (Å²) in [6.45, 7) is 6.44. The summed E-state index contributed by atoms with van der Waals surface area (Å²) in [5.74, 6) is -1.94. The van der Waals surface area contributed by atoms with Gasteiger partial charge in [-0.1, -0.05) is 131 Å². The molecule has 9 rings (SSSR count). The maximum atomic E-state index is 15.4. The lowest BCUT2D eigenvalue weighted by molar-refractivity contribution is -0.138. The van der Waals surface area contributed by atoms with E-state index in [1.54, 1.807) is 58.0 Å². The molecule has 0 fully saturated rings. The van der Waals surface area contributed by atoms with Gasteiger partial charge in [-0.3, -0.25) is 0 Å². The number of furan rings is 2. The van der Waals surface area contributed by atoms with Gasteiger partial charge in [-0.15, -0.1) is 0 Å². The zero-order chi connectivity index (χ0) is 39.3. The van der Waals surface area contributed by atoms with Crippen LogP contribution in [0.15, 0.2) is 130 Å². The van der Waals surface area contributed by atoms with Crippen molar-refractivity contribution in [3.63, 3.8) is 0 Å². The summed E-state index contributed by atoms with van der Waals surface area (Å²) in [4.78, 5) is 0. The van der Waals surface area contributed by atoms with Gasteiger partial charge in [0.05, 0.1) is 0 Å². The SMILES string of the molecule is CC(C)c1oc2c(-c3ccc(-c4cccc5ccccc45)cc3)cc3c(cc(-c4ccc5ccccc5c4)c4oc(C(C)C)c(C(F)(F)F)c43)c2c1C(F)(F)F. The molecule has 9 aromatic rings. The molecule has 0 unspecified atom stereocenters. The third-order valence-corrected chi connectivity index (χ3v) is 10.7. The quantitative estimate of drug-likeness (QED) is 0.164. The molecule has 280 valence electrons. The van der Waals surface area contributed by atoms with E-state index >= 15 is 26.3 Å². The van der Waals surface area contributed by atoms with Crippen LogP contribution in [0.4, 0.5) is 26.3 Å². The lowest BCUT2D eigenvalue weighted by Gasteiger charge is -2.15. The van der Waals surface area contributed by atoms with Crippen LogP contribution in [0.1, 0.15) is 62.2 Å². The Labute approximate surface area is 318 Å². The zero-order valence-electron chi connectivity index (χ0n) is 30.8. The Morgan fingerprint density at radius 2 is 0.857 bits per heavy atom. The van der Waals surface area contributed by atoms with Crippen LogP contribution in [-0.4, -0.2) is 0 Å². The van der Waals surface area contributed by atoms with Crippen molar-refractivity contribution < 1.29 is 35.2 Å². The topological polar surface area (TPSA) is 26.3 Å². The van der Waals surface area contributed by atoms with E-state index in [-0.39, 0.29) is 55.4 Å². The Bertz CT molecular complexity index is 2990. The summed E-state index contributed by atoms with van der Waals surface area (Å²) in [6, 6.07) is 37.3. The van der Waals surface area contributed by atoms with E-state index < -0.39 is 35.3 Å². The van der Waals surface area contributed by atoms with E-state index in [4.69, 9.17) is 8.83 Å². The Morgan fingerprint density at radius 1 is 0.411 bits per heavy atom. The highest BCUT2D eigenvalue weighted by molar-refractivity contribution is 6.24. The molecule has 0 aliphatic rings.